The molecule has 1 atom stereocenters. The molecule has 0 saturated heterocycles. The van der Waals surface area contributed by atoms with Crippen LogP contribution < -0.4 is 0 Å². The van der Waals surface area contributed by atoms with Crippen molar-refractivity contribution in [1.82, 2.24) is 0 Å². The van der Waals surface area contributed by atoms with Crippen molar-refractivity contribution in [2.24, 2.45) is 5.92 Å². The van der Waals surface area contributed by atoms with Gasteiger partial charge in [-0.15, -0.1) is 0 Å². The van der Waals surface area contributed by atoms with E-state index in [1.54, 1.807) is 0 Å². The van der Waals surface area contributed by atoms with E-state index in [-0.39, 0.29) is 5.97 Å². The number of unbranched alkanes of at least 4 members (excludes halogenated alkanes) is 4. The molecule has 1 N–H and O–H groups in total. The van der Waals surface area contributed by atoms with Gasteiger partial charge < -0.3 is 9.84 Å². The molecule has 0 aliphatic rings. The Kier molecular flexibility index (Phi) is 12.9. The maximum Gasteiger partial charge on any atom is 0.345 e. The van der Waals surface area contributed by atoms with Crippen molar-refractivity contribution >= 4 is 11.9 Å². The zero-order chi connectivity index (χ0) is 16.8. The molecule has 0 fully saturated rings. The summed E-state index contributed by atoms with van der Waals surface area (Å²) >= 11 is 0. The van der Waals surface area contributed by atoms with Gasteiger partial charge in [0.15, 0.2) is 6.10 Å². The number of carboxylic acid groups (broad SMARTS) is 1. The minimum Gasteiger partial charge on any atom is -0.479 e. The molecule has 0 saturated carbocycles. The van der Waals surface area contributed by atoms with Crippen molar-refractivity contribution in [2.75, 3.05) is 0 Å². The number of ether oxygens (including phenoxy) is 1. The van der Waals surface area contributed by atoms with E-state index in [1.165, 1.54) is 12.8 Å². The normalized spacial score (nSPS) is 12.4. The van der Waals surface area contributed by atoms with Crippen LogP contribution in [0.2, 0.25) is 0 Å². The van der Waals surface area contributed by atoms with Gasteiger partial charge in [-0.2, -0.15) is 0 Å². The SMILES string of the molecule is CCCCCCCC(=O)OC(CCCC(CC)CC)C(=O)O. The number of esters is 1. The molecule has 4 heteroatoms. The first-order valence-corrected chi connectivity index (χ1v) is 8.97. The summed E-state index contributed by atoms with van der Waals surface area (Å²) in [6.07, 6.45) is 9.10. The summed E-state index contributed by atoms with van der Waals surface area (Å²) in [5.41, 5.74) is 0. The van der Waals surface area contributed by atoms with E-state index in [9.17, 15) is 9.59 Å². The van der Waals surface area contributed by atoms with Gasteiger partial charge in [-0.3, -0.25) is 4.79 Å². The zero-order valence-electron chi connectivity index (χ0n) is 14.6. The molecule has 0 rings (SSSR count). The first kappa shape index (κ1) is 20.9. The van der Waals surface area contributed by atoms with E-state index in [0.717, 1.165) is 44.9 Å². The van der Waals surface area contributed by atoms with Gasteiger partial charge >= 0.3 is 11.9 Å². The number of hydrogen-bond acceptors (Lipinski definition) is 3. The van der Waals surface area contributed by atoms with E-state index in [2.05, 4.69) is 20.8 Å². The van der Waals surface area contributed by atoms with Gasteiger partial charge in [-0.25, -0.2) is 4.79 Å². The standard InChI is InChI=1S/C18H34O4/c1-4-7-8-9-10-14-17(19)22-16(18(20)21)13-11-12-15(5-2)6-3/h15-16H,4-14H2,1-3H3,(H,20,21). The molecule has 22 heavy (non-hydrogen) atoms. The van der Waals surface area contributed by atoms with Crippen LogP contribution >= 0.6 is 0 Å². The highest BCUT2D eigenvalue weighted by Gasteiger charge is 2.21. The number of hydrogen-bond donors (Lipinski definition) is 1. The fourth-order valence-electron chi connectivity index (χ4n) is 2.61. The van der Waals surface area contributed by atoms with Gasteiger partial charge in [0.2, 0.25) is 0 Å². The molecule has 0 aliphatic heterocycles. The van der Waals surface area contributed by atoms with Gasteiger partial charge in [0.1, 0.15) is 0 Å². The second-order valence-electron chi connectivity index (χ2n) is 6.09. The van der Waals surface area contributed by atoms with Crippen LogP contribution in [0.3, 0.4) is 0 Å². The fourth-order valence-corrected chi connectivity index (χ4v) is 2.61. The monoisotopic (exact) mass is 314 g/mol. The molecule has 0 radical (unpaired) electrons. The molecule has 0 aromatic rings. The quantitative estimate of drug-likeness (QED) is 0.364. The molecule has 1 unspecified atom stereocenters. The fraction of sp³-hybridized carbons (Fsp3) is 0.889. The van der Waals surface area contributed by atoms with Crippen LogP contribution in [-0.4, -0.2) is 23.1 Å². The molecule has 0 aromatic carbocycles. The lowest BCUT2D eigenvalue weighted by Gasteiger charge is -2.16. The maximum atomic E-state index is 11.7. The average Bonchev–Trinajstić information content (AvgIpc) is 2.50. The van der Waals surface area contributed by atoms with E-state index in [4.69, 9.17) is 9.84 Å². The van der Waals surface area contributed by atoms with Crippen LogP contribution in [0, 0.1) is 5.92 Å². The Labute approximate surface area is 135 Å². The highest BCUT2D eigenvalue weighted by Crippen LogP contribution is 2.18. The summed E-state index contributed by atoms with van der Waals surface area (Å²) in [6.45, 7) is 6.45. The van der Waals surface area contributed by atoms with Crippen molar-refractivity contribution in [3.63, 3.8) is 0 Å². The number of carbonyl (C=O) groups is 2. The molecule has 130 valence electrons. The van der Waals surface area contributed by atoms with Crippen LogP contribution in [-0.2, 0) is 14.3 Å². The third-order valence-corrected chi connectivity index (χ3v) is 4.27. The van der Waals surface area contributed by atoms with E-state index < -0.39 is 12.1 Å². The molecule has 0 spiro atoms. The van der Waals surface area contributed by atoms with Crippen molar-refractivity contribution in [2.45, 2.75) is 97.5 Å². The summed E-state index contributed by atoms with van der Waals surface area (Å²) in [6, 6.07) is 0. The topological polar surface area (TPSA) is 63.6 Å². The Morgan fingerprint density at radius 3 is 2.09 bits per heavy atom. The van der Waals surface area contributed by atoms with Crippen LogP contribution in [0.15, 0.2) is 0 Å². The van der Waals surface area contributed by atoms with Gasteiger partial charge in [-0.05, 0) is 25.2 Å². The van der Waals surface area contributed by atoms with E-state index >= 15 is 0 Å². The summed E-state index contributed by atoms with van der Waals surface area (Å²) in [5.74, 6) is -0.751. The zero-order valence-corrected chi connectivity index (χ0v) is 14.6. The lowest BCUT2D eigenvalue weighted by atomic mass is 9.96. The van der Waals surface area contributed by atoms with Crippen molar-refractivity contribution in [3.05, 3.63) is 0 Å². The summed E-state index contributed by atoms with van der Waals surface area (Å²) in [4.78, 5) is 22.9. The smallest absolute Gasteiger partial charge is 0.345 e. The van der Waals surface area contributed by atoms with Gasteiger partial charge in [0, 0.05) is 6.42 Å². The largest absolute Gasteiger partial charge is 0.479 e. The highest BCUT2D eigenvalue weighted by atomic mass is 16.6. The Balaban J connectivity index is 3.97. The predicted molar refractivity (Wildman–Crippen MR) is 88.8 cm³/mol. The first-order valence-electron chi connectivity index (χ1n) is 8.97. The highest BCUT2D eigenvalue weighted by molar-refractivity contribution is 5.77. The van der Waals surface area contributed by atoms with Crippen LogP contribution in [0.5, 0.6) is 0 Å². The van der Waals surface area contributed by atoms with Crippen LogP contribution in [0.1, 0.15) is 91.4 Å². The maximum absolute atomic E-state index is 11.7. The third-order valence-electron chi connectivity index (χ3n) is 4.27. The number of rotatable bonds is 14. The Hall–Kier alpha value is -1.06. The molecule has 4 nitrogen and oxygen atoms in total. The lowest BCUT2D eigenvalue weighted by molar-refractivity contribution is -0.164. The Morgan fingerprint density at radius 1 is 0.909 bits per heavy atom. The van der Waals surface area contributed by atoms with Gasteiger partial charge in [0.05, 0.1) is 0 Å². The van der Waals surface area contributed by atoms with E-state index in [1.807, 2.05) is 0 Å². The number of carboxylic acids is 1. The molecule has 0 amide bonds. The average molecular weight is 314 g/mol. The Bertz CT molecular complexity index is 297. The second-order valence-corrected chi connectivity index (χ2v) is 6.09. The summed E-state index contributed by atoms with van der Waals surface area (Å²) in [5, 5.41) is 9.17. The molecule has 0 aromatic heterocycles. The molecular weight excluding hydrogens is 280 g/mol. The summed E-state index contributed by atoms with van der Waals surface area (Å²) < 4.78 is 5.13. The van der Waals surface area contributed by atoms with Crippen molar-refractivity contribution in [3.8, 4) is 0 Å². The van der Waals surface area contributed by atoms with Crippen molar-refractivity contribution < 1.29 is 19.4 Å². The minimum absolute atomic E-state index is 0.333. The molecule has 0 bridgehead atoms. The summed E-state index contributed by atoms with van der Waals surface area (Å²) in [7, 11) is 0. The van der Waals surface area contributed by atoms with Crippen molar-refractivity contribution in [1.29, 1.82) is 0 Å². The van der Waals surface area contributed by atoms with E-state index in [0.29, 0.717) is 18.8 Å². The molecule has 0 aliphatic carbocycles. The predicted octanol–water partition coefficient (Wildman–Crippen LogP) is 4.95. The molecular formula is C18H34O4. The van der Waals surface area contributed by atoms with Gasteiger partial charge in [0.25, 0.3) is 0 Å². The number of aliphatic carboxylic acids is 1. The third kappa shape index (κ3) is 10.6. The Morgan fingerprint density at radius 2 is 1.55 bits per heavy atom. The lowest BCUT2D eigenvalue weighted by Crippen LogP contribution is -2.27. The molecule has 0 heterocycles. The van der Waals surface area contributed by atoms with Crippen LogP contribution in [0.4, 0.5) is 0 Å². The minimum atomic E-state index is -1.02. The second kappa shape index (κ2) is 13.6. The van der Waals surface area contributed by atoms with Gasteiger partial charge in [-0.1, -0.05) is 65.7 Å². The van der Waals surface area contributed by atoms with Crippen LogP contribution in [0.25, 0.3) is 0 Å². The number of carbonyl (C=O) groups excluding carboxylic acids is 1. The first-order chi connectivity index (χ1) is 10.5.